The van der Waals surface area contributed by atoms with Crippen molar-refractivity contribution in [3.8, 4) is 11.5 Å². The molecule has 2 rings (SSSR count). The number of rotatable bonds is 10. The standard InChI is InChI=1S/C19H30N2O3/c1-4-6-11-24-16-10-7-14(12-17(16)23-5-2)18(22)21-19(3,13-20)15-8-9-15/h7,10,12,15H,4-6,8-9,11,13,20H2,1-3H3,(H,21,22). The topological polar surface area (TPSA) is 73.6 Å². The van der Waals surface area contributed by atoms with Crippen molar-refractivity contribution < 1.29 is 14.3 Å². The third kappa shape index (κ3) is 4.63. The second kappa shape index (κ2) is 8.38. The molecule has 1 fully saturated rings. The number of hydrogen-bond donors (Lipinski definition) is 2. The Hall–Kier alpha value is -1.75. The average Bonchev–Trinajstić information content (AvgIpc) is 3.42. The van der Waals surface area contributed by atoms with Crippen LogP contribution in [0.5, 0.6) is 11.5 Å². The molecule has 1 atom stereocenters. The van der Waals surface area contributed by atoms with Gasteiger partial charge in [0.2, 0.25) is 0 Å². The molecule has 1 saturated carbocycles. The fourth-order valence-electron chi connectivity index (χ4n) is 2.74. The van der Waals surface area contributed by atoms with Crippen LogP contribution in [-0.2, 0) is 0 Å². The smallest absolute Gasteiger partial charge is 0.251 e. The molecule has 1 aromatic rings. The molecule has 5 nitrogen and oxygen atoms in total. The summed E-state index contributed by atoms with van der Waals surface area (Å²) in [5.74, 6) is 1.66. The minimum absolute atomic E-state index is 0.115. The Balaban J connectivity index is 2.11. The van der Waals surface area contributed by atoms with Gasteiger partial charge in [-0.05, 0) is 57.2 Å². The first-order valence-electron chi connectivity index (χ1n) is 8.96. The lowest BCUT2D eigenvalue weighted by Gasteiger charge is -2.29. The number of carbonyl (C=O) groups is 1. The van der Waals surface area contributed by atoms with Crippen LogP contribution in [0.2, 0.25) is 0 Å². The van der Waals surface area contributed by atoms with Crippen molar-refractivity contribution in [2.24, 2.45) is 11.7 Å². The largest absolute Gasteiger partial charge is 0.490 e. The summed E-state index contributed by atoms with van der Waals surface area (Å²) in [6.07, 6.45) is 4.32. The normalized spacial score (nSPS) is 16.3. The molecule has 0 heterocycles. The molecule has 0 aromatic heterocycles. The minimum Gasteiger partial charge on any atom is -0.490 e. The summed E-state index contributed by atoms with van der Waals surface area (Å²) in [6, 6.07) is 5.35. The lowest BCUT2D eigenvalue weighted by atomic mass is 9.95. The Morgan fingerprint density at radius 3 is 2.62 bits per heavy atom. The second-order valence-corrected chi connectivity index (χ2v) is 6.65. The summed E-state index contributed by atoms with van der Waals surface area (Å²) in [5.41, 5.74) is 6.12. The zero-order valence-electron chi connectivity index (χ0n) is 15.1. The molecule has 0 bridgehead atoms. The maximum Gasteiger partial charge on any atom is 0.251 e. The Morgan fingerprint density at radius 2 is 2.04 bits per heavy atom. The van der Waals surface area contributed by atoms with Crippen LogP contribution in [0.1, 0.15) is 56.8 Å². The highest BCUT2D eigenvalue weighted by Gasteiger charge is 2.41. The number of amides is 1. The first kappa shape index (κ1) is 18.6. The highest BCUT2D eigenvalue weighted by Crippen LogP contribution is 2.39. The molecule has 0 radical (unpaired) electrons. The molecule has 1 aliphatic rings. The van der Waals surface area contributed by atoms with Gasteiger partial charge in [0.25, 0.3) is 5.91 Å². The number of ether oxygens (including phenoxy) is 2. The van der Waals surface area contributed by atoms with Crippen LogP contribution in [0.4, 0.5) is 0 Å². The van der Waals surface area contributed by atoms with Crippen LogP contribution in [0, 0.1) is 5.92 Å². The van der Waals surface area contributed by atoms with Crippen LogP contribution in [0.25, 0.3) is 0 Å². The summed E-state index contributed by atoms with van der Waals surface area (Å²) in [7, 11) is 0. The van der Waals surface area contributed by atoms with Gasteiger partial charge in [-0.1, -0.05) is 13.3 Å². The van der Waals surface area contributed by atoms with E-state index in [1.165, 1.54) is 0 Å². The van der Waals surface area contributed by atoms with Crippen LogP contribution < -0.4 is 20.5 Å². The number of nitrogens with two attached hydrogens (primary N) is 1. The van der Waals surface area contributed by atoms with E-state index in [2.05, 4.69) is 12.2 Å². The van der Waals surface area contributed by atoms with Gasteiger partial charge in [-0.15, -0.1) is 0 Å². The van der Waals surface area contributed by atoms with E-state index >= 15 is 0 Å². The molecular weight excluding hydrogens is 304 g/mol. The quantitative estimate of drug-likeness (QED) is 0.645. The molecular formula is C19H30N2O3. The minimum atomic E-state index is -0.334. The van der Waals surface area contributed by atoms with Crippen molar-refractivity contribution in [2.75, 3.05) is 19.8 Å². The lowest BCUT2D eigenvalue weighted by molar-refractivity contribution is 0.0897. The van der Waals surface area contributed by atoms with E-state index in [0.717, 1.165) is 25.7 Å². The number of benzene rings is 1. The maximum absolute atomic E-state index is 12.6. The molecule has 0 aliphatic heterocycles. The van der Waals surface area contributed by atoms with Gasteiger partial charge in [0.15, 0.2) is 11.5 Å². The van der Waals surface area contributed by atoms with Gasteiger partial charge in [-0.3, -0.25) is 4.79 Å². The fourth-order valence-corrected chi connectivity index (χ4v) is 2.74. The molecule has 24 heavy (non-hydrogen) atoms. The monoisotopic (exact) mass is 334 g/mol. The van der Waals surface area contributed by atoms with E-state index in [9.17, 15) is 4.79 Å². The van der Waals surface area contributed by atoms with Crippen molar-refractivity contribution in [1.82, 2.24) is 5.32 Å². The SMILES string of the molecule is CCCCOc1ccc(C(=O)NC(C)(CN)C2CC2)cc1OCC. The van der Waals surface area contributed by atoms with Gasteiger partial charge in [-0.25, -0.2) is 0 Å². The Bertz CT molecular complexity index is 558. The van der Waals surface area contributed by atoms with E-state index < -0.39 is 0 Å². The lowest BCUT2D eigenvalue weighted by Crippen LogP contribution is -2.53. The molecule has 0 saturated heterocycles. The van der Waals surface area contributed by atoms with Gasteiger partial charge in [0, 0.05) is 12.1 Å². The molecule has 1 aliphatic carbocycles. The first-order valence-corrected chi connectivity index (χ1v) is 8.96. The average molecular weight is 334 g/mol. The van der Waals surface area contributed by atoms with Crippen LogP contribution in [0.3, 0.4) is 0 Å². The van der Waals surface area contributed by atoms with Crippen LogP contribution >= 0.6 is 0 Å². The van der Waals surface area contributed by atoms with E-state index in [-0.39, 0.29) is 11.4 Å². The third-order valence-corrected chi connectivity index (χ3v) is 4.56. The summed E-state index contributed by atoms with van der Waals surface area (Å²) in [5, 5.41) is 3.10. The van der Waals surface area contributed by atoms with Crippen molar-refractivity contribution in [2.45, 2.75) is 52.0 Å². The van der Waals surface area contributed by atoms with Gasteiger partial charge in [0.1, 0.15) is 0 Å². The molecule has 1 amide bonds. The number of carbonyl (C=O) groups excluding carboxylic acids is 1. The Labute approximate surface area is 144 Å². The number of hydrogen-bond acceptors (Lipinski definition) is 4. The molecule has 5 heteroatoms. The summed E-state index contributed by atoms with van der Waals surface area (Å²) in [6.45, 7) is 7.68. The Kier molecular flexibility index (Phi) is 6.49. The zero-order chi connectivity index (χ0) is 17.6. The van der Waals surface area contributed by atoms with Crippen molar-refractivity contribution >= 4 is 5.91 Å². The van der Waals surface area contributed by atoms with E-state index in [1.807, 2.05) is 19.9 Å². The predicted molar refractivity (Wildman–Crippen MR) is 95.7 cm³/mol. The first-order chi connectivity index (χ1) is 11.5. The zero-order valence-corrected chi connectivity index (χ0v) is 15.1. The molecule has 134 valence electrons. The Morgan fingerprint density at radius 1 is 1.29 bits per heavy atom. The molecule has 1 aromatic carbocycles. The van der Waals surface area contributed by atoms with Crippen molar-refractivity contribution in [3.05, 3.63) is 23.8 Å². The number of unbranched alkanes of at least 4 members (excludes halogenated alkanes) is 1. The van der Waals surface area contributed by atoms with E-state index in [0.29, 0.717) is 42.7 Å². The molecule has 0 spiro atoms. The highest BCUT2D eigenvalue weighted by molar-refractivity contribution is 5.95. The summed E-state index contributed by atoms with van der Waals surface area (Å²) >= 11 is 0. The van der Waals surface area contributed by atoms with Gasteiger partial charge >= 0.3 is 0 Å². The highest BCUT2D eigenvalue weighted by atomic mass is 16.5. The van der Waals surface area contributed by atoms with Gasteiger partial charge in [0.05, 0.1) is 18.8 Å². The summed E-state index contributed by atoms with van der Waals surface area (Å²) < 4.78 is 11.4. The van der Waals surface area contributed by atoms with Crippen molar-refractivity contribution in [3.63, 3.8) is 0 Å². The van der Waals surface area contributed by atoms with Crippen LogP contribution in [-0.4, -0.2) is 31.2 Å². The van der Waals surface area contributed by atoms with Crippen LogP contribution in [0.15, 0.2) is 18.2 Å². The number of nitrogens with one attached hydrogen (secondary N) is 1. The predicted octanol–water partition coefficient (Wildman–Crippen LogP) is 3.12. The third-order valence-electron chi connectivity index (χ3n) is 4.56. The van der Waals surface area contributed by atoms with Crippen molar-refractivity contribution in [1.29, 1.82) is 0 Å². The summed E-state index contributed by atoms with van der Waals surface area (Å²) in [4.78, 5) is 12.6. The molecule has 1 unspecified atom stereocenters. The van der Waals surface area contributed by atoms with Gasteiger partial charge < -0.3 is 20.5 Å². The second-order valence-electron chi connectivity index (χ2n) is 6.65. The van der Waals surface area contributed by atoms with Gasteiger partial charge in [-0.2, -0.15) is 0 Å². The van der Waals surface area contributed by atoms with E-state index in [1.54, 1.807) is 12.1 Å². The fraction of sp³-hybridized carbons (Fsp3) is 0.632. The maximum atomic E-state index is 12.6. The molecule has 3 N–H and O–H groups in total. The van der Waals surface area contributed by atoms with E-state index in [4.69, 9.17) is 15.2 Å².